The highest BCUT2D eigenvalue weighted by Gasteiger charge is 2.15. The van der Waals surface area contributed by atoms with Crippen molar-refractivity contribution in [2.24, 2.45) is 5.92 Å². The molecule has 19 heavy (non-hydrogen) atoms. The van der Waals surface area contributed by atoms with Gasteiger partial charge in [-0.05, 0) is 79.7 Å². The smallest absolute Gasteiger partial charge is 0.135 e. The number of rotatable bonds is 4. The maximum atomic E-state index is 4.72. The average molecular weight is 259 g/mol. The number of hydrogen-bond donors (Lipinski definition) is 0. The first-order chi connectivity index (χ1) is 9.31. The minimum absolute atomic E-state index is 0.846. The van der Waals surface area contributed by atoms with Crippen molar-refractivity contribution in [1.29, 1.82) is 0 Å². The fourth-order valence-corrected chi connectivity index (χ4v) is 2.93. The molecule has 0 N–H and O–H groups in total. The lowest BCUT2D eigenvalue weighted by Crippen LogP contribution is -2.30. The molecular weight excluding hydrogens is 238 g/mol. The van der Waals surface area contributed by atoms with E-state index in [1.54, 1.807) is 0 Å². The Kier molecular flexibility index (Phi) is 3.78. The van der Waals surface area contributed by atoms with E-state index in [2.05, 4.69) is 34.4 Å². The van der Waals surface area contributed by atoms with Gasteiger partial charge in [0.25, 0.3) is 0 Å². The Labute approximate surface area is 113 Å². The highest BCUT2D eigenvalue weighted by atomic mass is 16.6. The van der Waals surface area contributed by atoms with E-state index < -0.39 is 0 Å². The van der Waals surface area contributed by atoms with Gasteiger partial charge in [-0.2, -0.15) is 0 Å². The molecule has 4 heteroatoms. The van der Waals surface area contributed by atoms with Gasteiger partial charge in [0.2, 0.25) is 0 Å². The van der Waals surface area contributed by atoms with Crippen molar-refractivity contribution in [3.8, 4) is 0 Å². The number of aryl methyl sites for hydroxylation is 1. The summed E-state index contributed by atoms with van der Waals surface area (Å²) in [5.74, 6) is 0.925. The van der Waals surface area contributed by atoms with Gasteiger partial charge in [-0.3, -0.25) is 0 Å². The van der Waals surface area contributed by atoms with Gasteiger partial charge in [-0.25, -0.2) is 4.63 Å². The first-order valence-corrected chi connectivity index (χ1v) is 7.21. The summed E-state index contributed by atoms with van der Waals surface area (Å²) in [5.41, 5.74) is 3.06. The van der Waals surface area contributed by atoms with Crippen LogP contribution in [0.3, 0.4) is 0 Å². The summed E-state index contributed by atoms with van der Waals surface area (Å²) in [6.07, 6.45) is 6.48. The Morgan fingerprint density at radius 2 is 2.00 bits per heavy atom. The summed E-state index contributed by atoms with van der Waals surface area (Å²) in [7, 11) is 2.22. The van der Waals surface area contributed by atoms with Crippen molar-refractivity contribution in [3.05, 3.63) is 23.8 Å². The lowest BCUT2D eigenvalue weighted by atomic mass is 9.91. The summed E-state index contributed by atoms with van der Waals surface area (Å²) in [4.78, 5) is 2.43. The second kappa shape index (κ2) is 5.70. The van der Waals surface area contributed by atoms with Gasteiger partial charge in [0.05, 0.1) is 0 Å². The number of aromatic nitrogens is 2. The van der Waals surface area contributed by atoms with Crippen molar-refractivity contribution in [3.63, 3.8) is 0 Å². The van der Waals surface area contributed by atoms with E-state index in [-0.39, 0.29) is 0 Å². The monoisotopic (exact) mass is 259 g/mol. The number of likely N-dealkylation sites (tertiary alicyclic amines) is 1. The summed E-state index contributed by atoms with van der Waals surface area (Å²) < 4.78 is 4.72. The number of hydrogen-bond acceptors (Lipinski definition) is 4. The van der Waals surface area contributed by atoms with E-state index in [1.807, 2.05) is 6.07 Å². The van der Waals surface area contributed by atoms with Crippen LogP contribution in [0.25, 0.3) is 11.0 Å². The lowest BCUT2D eigenvalue weighted by Gasteiger charge is -2.28. The fraction of sp³-hybridized carbons (Fsp3) is 0.600. The molecule has 0 spiro atoms. The number of fused-ring (bicyclic) bond motifs is 1. The molecule has 1 aliphatic heterocycles. The predicted octanol–water partition coefficient (Wildman–Crippen LogP) is 2.89. The third kappa shape index (κ3) is 3.13. The molecule has 0 radical (unpaired) electrons. The molecule has 4 nitrogen and oxygen atoms in total. The molecule has 0 unspecified atom stereocenters. The third-order valence-electron chi connectivity index (χ3n) is 4.23. The van der Waals surface area contributed by atoms with E-state index in [0.717, 1.165) is 23.4 Å². The van der Waals surface area contributed by atoms with Crippen molar-refractivity contribution < 1.29 is 4.63 Å². The second-order valence-corrected chi connectivity index (χ2v) is 5.73. The number of benzene rings is 1. The van der Waals surface area contributed by atoms with Crippen LogP contribution in [0, 0.1) is 5.92 Å². The molecule has 1 aromatic carbocycles. The zero-order valence-corrected chi connectivity index (χ0v) is 11.5. The number of piperidine rings is 1. The Morgan fingerprint density at radius 3 is 2.84 bits per heavy atom. The fourth-order valence-electron chi connectivity index (χ4n) is 2.93. The largest absolute Gasteiger partial charge is 0.306 e. The van der Waals surface area contributed by atoms with Gasteiger partial charge < -0.3 is 4.90 Å². The van der Waals surface area contributed by atoms with Crippen LogP contribution < -0.4 is 0 Å². The van der Waals surface area contributed by atoms with Gasteiger partial charge in [-0.1, -0.05) is 12.5 Å². The average Bonchev–Trinajstić information content (AvgIpc) is 2.88. The number of nitrogens with zero attached hydrogens (tertiary/aromatic N) is 3. The van der Waals surface area contributed by atoms with E-state index in [9.17, 15) is 0 Å². The topological polar surface area (TPSA) is 42.2 Å². The van der Waals surface area contributed by atoms with E-state index >= 15 is 0 Å². The minimum atomic E-state index is 0.846. The molecule has 0 aliphatic carbocycles. The van der Waals surface area contributed by atoms with Crippen molar-refractivity contribution in [2.75, 3.05) is 20.1 Å². The molecule has 1 aromatic heterocycles. The van der Waals surface area contributed by atoms with Crippen LogP contribution in [0.15, 0.2) is 22.8 Å². The highest BCUT2D eigenvalue weighted by molar-refractivity contribution is 5.73. The molecule has 1 fully saturated rings. The Balaban J connectivity index is 1.49. The van der Waals surface area contributed by atoms with Crippen LogP contribution in [0.2, 0.25) is 0 Å². The molecule has 0 atom stereocenters. The highest BCUT2D eigenvalue weighted by Crippen LogP contribution is 2.22. The zero-order chi connectivity index (χ0) is 13.1. The standard InChI is InChI=1S/C15H21N3O/c1-18-9-7-12(8-10-18)3-2-4-13-5-6-14-15(11-13)17-19-16-14/h5-6,11-12H,2-4,7-10H2,1H3. The van der Waals surface area contributed by atoms with Gasteiger partial charge in [0.1, 0.15) is 11.0 Å². The first kappa shape index (κ1) is 12.6. The molecule has 2 aromatic rings. The van der Waals surface area contributed by atoms with Crippen LogP contribution in [-0.2, 0) is 6.42 Å². The normalized spacial score (nSPS) is 18.2. The van der Waals surface area contributed by atoms with Crippen LogP contribution in [-0.4, -0.2) is 35.4 Å². The van der Waals surface area contributed by atoms with Gasteiger partial charge >= 0.3 is 0 Å². The second-order valence-electron chi connectivity index (χ2n) is 5.73. The van der Waals surface area contributed by atoms with Crippen LogP contribution in [0.4, 0.5) is 0 Å². The summed E-state index contributed by atoms with van der Waals surface area (Å²) >= 11 is 0. The van der Waals surface area contributed by atoms with Gasteiger partial charge in [0.15, 0.2) is 0 Å². The van der Waals surface area contributed by atoms with Crippen LogP contribution in [0.5, 0.6) is 0 Å². The maximum absolute atomic E-state index is 4.72. The van der Waals surface area contributed by atoms with E-state index in [4.69, 9.17) is 4.63 Å². The SMILES string of the molecule is CN1CCC(CCCc2ccc3nonc3c2)CC1. The van der Waals surface area contributed by atoms with Crippen molar-refractivity contribution >= 4 is 11.0 Å². The molecule has 1 aliphatic rings. The Hall–Kier alpha value is -1.42. The van der Waals surface area contributed by atoms with Gasteiger partial charge in [-0.15, -0.1) is 0 Å². The quantitative estimate of drug-likeness (QED) is 0.846. The third-order valence-corrected chi connectivity index (χ3v) is 4.23. The van der Waals surface area contributed by atoms with Crippen LogP contribution >= 0.6 is 0 Å². The zero-order valence-electron chi connectivity index (χ0n) is 11.5. The molecule has 0 saturated carbocycles. The molecule has 0 amide bonds. The molecule has 0 bridgehead atoms. The summed E-state index contributed by atoms with van der Waals surface area (Å²) in [6, 6.07) is 6.23. The Bertz CT molecular complexity index is 529. The minimum Gasteiger partial charge on any atom is -0.306 e. The van der Waals surface area contributed by atoms with Crippen LogP contribution in [0.1, 0.15) is 31.2 Å². The summed E-state index contributed by atoms with van der Waals surface area (Å²) in [5, 5.41) is 7.72. The molecule has 1 saturated heterocycles. The molecule has 102 valence electrons. The van der Waals surface area contributed by atoms with E-state index in [1.165, 1.54) is 44.3 Å². The maximum Gasteiger partial charge on any atom is 0.135 e. The predicted molar refractivity (Wildman–Crippen MR) is 75.0 cm³/mol. The van der Waals surface area contributed by atoms with Crippen molar-refractivity contribution in [2.45, 2.75) is 32.1 Å². The van der Waals surface area contributed by atoms with E-state index in [0.29, 0.717) is 0 Å². The molecular formula is C15H21N3O. The lowest BCUT2D eigenvalue weighted by molar-refractivity contribution is 0.210. The first-order valence-electron chi connectivity index (χ1n) is 7.21. The van der Waals surface area contributed by atoms with Crippen molar-refractivity contribution in [1.82, 2.24) is 15.2 Å². The van der Waals surface area contributed by atoms with Gasteiger partial charge in [0, 0.05) is 0 Å². The summed E-state index contributed by atoms with van der Waals surface area (Å²) in [6.45, 7) is 2.53. The Morgan fingerprint density at radius 1 is 1.21 bits per heavy atom. The molecule has 3 rings (SSSR count). The molecule has 2 heterocycles.